The number of amides is 1. The number of carbonyl (C=O) groups is 2. The van der Waals surface area contributed by atoms with E-state index in [-0.39, 0.29) is 23.5 Å². The molecule has 1 amide bonds. The molecule has 2 heterocycles. The lowest BCUT2D eigenvalue weighted by atomic mass is 9.97. The first-order chi connectivity index (χ1) is 16.7. The average Bonchev–Trinajstić information content (AvgIpc) is 2.84. The minimum Gasteiger partial charge on any atom is -0.466 e. The van der Waals surface area contributed by atoms with Crippen molar-refractivity contribution in [1.82, 2.24) is 14.9 Å². The molecular weight excluding hydrogens is 465 g/mol. The Morgan fingerprint density at radius 2 is 1.91 bits per heavy atom. The summed E-state index contributed by atoms with van der Waals surface area (Å²) in [6.45, 7) is 2.91. The molecule has 1 aromatic heterocycles. The highest BCUT2D eigenvalue weighted by Gasteiger charge is 2.31. The second kappa shape index (κ2) is 10.2. The Balaban J connectivity index is 1.50. The highest BCUT2D eigenvalue weighted by atomic mass is 19.4. The Bertz CT molecular complexity index is 1220. The molecule has 184 valence electrons. The van der Waals surface area contributed by atoms with E-state index in [0.29, 0.717) is 60.5 Å². The lowest BCUT2D eigenvalue weighted by Gasteiger charge is -2.31. The van der Waals surface area contributed by atoms with Gasteiger partial charge in [0.25, 0.3) is 5.91 Å². The van der Waals surface area contributed by atoms with E-state index in [0.717, 1.165) is 0 Å². The molecule has 35 heavy (non-hydrogen) atoms. The van der Waals surface area contributed by atoms with Crippen molar-refractivity contribution >= 4 is 34.3 Å². The van der Waals surface area contributed by atoms with Crippen molar-refractivity contribution in [2.24, 2.45) is 5.92 Å². The molecule has 0 radical (unpaired) electrons. The number of fused-ring (bicyclic) bond motifs is 1. The zero-order valence-electron chi connectivity index (χ0n) is 18.8. The van der Waals surface area contributed by atoms with E-state index >= 15 is 0 Å². The minimum absolute atomic E-state index is 0.200. The van der Waals surface area contributed by atoms with Crippen LogP contribution in [0, 0.1) is 5.92 Å². The van der Waals surface area contributed by atoms with Crippen LogP contribution in [0.25, 0.3) is 10.9 Å². The molecule has 1 N–H and O–H groups in total. The summed E-state index contributed by atoms with van der Waals surface area (Å²) in [5.74, 6) is -0.723. The highest BCUT2D eigenvalue weighted by molar-refractivity contribution is 6.00. The van der Waals surface area contributed by atoms with Crippen molar-refractivity contribution in [2.75, 3.05) is 25.0 Å². The highest BCUT2D eigenvalue weighted by Crippen LogP contribution is 2.28. The molecule has 3 aromatic rings. The van der Waals surface area contributed by atoms with Gasteiger partial charge in [0.1, 0.15) is 17.9 Å². The average molecular weight is 488 g/mol. The topological polar surface area (TPSA) is 93.7 Å². The summed E-state index contributed by atoms with van der Waals surface area (Å²) in [7, 11) is 0. The number of likely N-dealkylation sites (tertiary alicyclic amines) is 1. The zero-order chi connectivity index (χ0) is 25.0. The third-order valence-corrected chi connectivity index (χ3v) is 5.56. The predicted octanol–water partition coefficient (Wildman–Crippen LogP) is 4.69. The monoisotopic (exact) mass is 488 g/mol. The molecular formula is C24H23F3N4O4. The fourth-order valence-electron chi connectivity index (χ4n) is 3.96. The molecule has 0 saturated carbocycles. The van der Waals surface area contributed by atoms with Crippen LogP contribution in [0.5, 0.6) is 5.75 Å². The van der Waals surface area contributed by atoms with Crippen molar-refractivity contribution in [3.63, 3.8) is 0 Å². The smallest absolute Gasteiger partial charge is 0.466 e. The van der Waals surface area contributed by atoms with Gasteiger partial charge in [-0.25, -0.2) is 9.97 Å². The number of nitrogens with zero attached hydrogens (tertiary/aromatic N) is 3. The first-order valence-electron chi connectivity index (χ1n) is 11.1. The van der Waals surface area contributed by atoms with Crippen molar-refractivity contribution in [3.8, 4) is 5.75 Å². The molecule has 0 bridgehead atoms. The SMILES string of the molecule is CCOC(=O)C1CCCN(C(=O)c2ccc3c(Nc4ccc(OC(F)(F)F)cc4)ncnc3c2)C1. The van der Waals surface area contributed by atoms with Crippen LogP contribution in [0.1, 0.15) is 30.1 Å². The summed E-state index contributed by atoms with van der Waals surface area (Å²) >= 11 is 0. The van der Waals surface area contributed by atoms with E-state index in [1.54, 1.807) is 30.0 Å². The summed E-state index contributed by atoms with van der Waals surface area (Å²) in [6, 6.07) is 10.3. The van der Waals surface area contributed by atoms with Gasteiger partial charge in [-0.3, -0.25) is 9.59 Å². The van der Waals surface area contributed by atoms with E-state index in [2.05, 4.69) is 20.0 Å². The van der Waals surface area contributed by atoms with Gasteiger partial charge in [-0.1, -0.05) is 0 Å². The number of hydrogen-bond donors (Lipinski definition) is 1. The molecule has 1 aliphatic heterocycles. The van der Waals surface area contributed by atoms with Gasteiger partial charge in [0, 0.05) is 29.7 Å². The number of rotatable bonds is 6. The molecule has 11 heteroatoms. The third kappa shape index (κ3) is 5.97. The Morgan fingerprint density at radius 1 is 1.14 bits per heavy atom. The second-order valence-electron chi connectivity index (χ2n) is 7.99. The Morgan fingerprint density at radius 3 is 2.63 bits per heavy atom. The van der Waals surface area contributed by atoms with Gasteiger partial charge in [0.15, 0.2) is 0 Å². The van der Waals surface area contributed by atoms with E-state index in [1.165, 1.54) is 30.6 Å². The van der Waals surface area contributed by atoms with Gasteiger partial charge in [-0.15, -0.1) is 13.2 Å². The first kappa shape index (κ1) is 24.2. The van der Waals surface area contributed by atoms with E-state index in [1.807, 2.05) is 0 Å². The van der Waals surface area contributed by atoms with Crippen molar-refractivity contribution in [3.05, 3.63) is 54.4 Å². The minimum atomic E-state index is -4.76. The number of aromatic nitrogens is 2. The van der Waals surface area contributed by atoms with Crippen molar-refractivity contribution in [1.29, 1.82) is 0 Å². The number of alkyl halides is 3. The summed E-state index contributed by atoms with van der Waals surface area (Å²) in [5, 5.41) is 3.67. The van der Waals surface area contributed by atoms with Gasteiger partial charge in [-0.05, 0) is 62.2 Å². The van der Waals surface area contributed by atoms with Gasteiger partial charge in [0.05, 0.1) is 18.0 Å². The van der Waals surface area contributed by atoms with Gasteiger partial charge in [0.2, 0.25) is 0 Å². The number of nitrogens with one attached hydrogen (secondary N) is 1. The maximum atomic E-state index is 13.1. The molecule has 0 spiro atoms. The molecule has 4 rings (SSSR count). The zero-order valence-corrected chi connectivity index (χ0v) is 18.8. The number of hydrogen-bond acceptors (Lipinski definition) is 7. The standard InChI is InChI=1S/C24H23F3N4O4/c1-2-34-23(33)16-4-3-11-31(13-16)22(32)15-5-10-19-20(12-15)28-14-29-21(19)30-17-6-8-18(9-7-17)35-24(25,26)27/h5-10,12,14,16H,2-4,11,13H2,1H3,(H,28,29,30). The Labute approximate surface area is 199 Å². The van der Waals surface area contributed by atoms with Gasteiger partial charge in [-0.2, -0.15) is 0 Å². The van der Waals surface area contributed by atoms with Crippen LogP contribution in [0.3, 0.4) is 0 Å². The normalized spacial score (nSPS) is 16.1. The molecule has 1 saturated heterocycles. The van der Waals surface area contributed by atoms with Crippen molar-refractivity contribution < 1.29 is 32.2 Å². The van der Waals surface area contributed by atoms with Crippen LogP contribution in [-0.4, -0.2) is 52.8 Å². The number of benzene rings is 2. The van der Waals surface area contributed by atoms with E-state index < -0.39 is 6.36 Å². The Hall–Kier alpha value is -3.89. The van der Waals surface area contributed by atoms with Crippen LogP contribution >= 0.6 is 0 Å². The van der Waals surface area contributed by atoms with Crippen LogP contribution in [0.2, 0.25) is 0 Å². The Kier molecular flexibility index (Phi) is 7.04. The van der Waals surface area contributed by atoms with Crippen molar-refractivity contribution in [2.45, 2.75) is 26.1 Å². The summed E-state index contributed by atoms with van der Waals surface area (Å²) in [6.07, 6.45) is -2.03. The number of carbonyl (C=O) groups excluding carboxylic acids is 2. The number of esters is 1. The fourth-order valence-corrected chi connectivity index (χ4v) is 3.96. The van der Waals surface area contributed by atoms with Gasteiger partial charge >= 0.3 is 12.3 Å². The lowest BCUT2D eigenvalue weighted by molar-refractivity contribution is -0.274. The third-order valence-electron chi connectivity index (χ3n) is 5.56. The van der Waals surface area contributed by atoms with Crippen LogP contribution < -0.4 is 10.1 Å². The number of halogens is 3. The number of piperidine rings is 1. The largest absolute Gasteiger partial charge is 0.573 e. The molecule has 0 aliphatic carbocycles. The van der Waals surface area contributed by atoms with Crippen LogP contribution in [-0.2, 0) is 9.53 Å². The maximum Gasteiger partial charge on any atom is 0.573 e. The molecule has 1 aliphatic rings. The first-order valence-corrected chi connectivity index (χ1v) is 11.1. The van der Waals surface area contributed by atoms with Crippen LogP contribution in [0.15, 0.2) is 48.8 Å². The molecule has 8 nitrogen and oxygen atoms in total. The van der Waals surface area contributed by atoms with Gasteiger partial charge < -0.3 is 19.7 Å². The lowest BCUT2D eigenvalue weighted by Crippen LogP contribution is -2.42. The quantitative estimate of drug-likeness (QED) is 0.503. The summed E-state index contributed by atoms with van der Waals surface area (Å²) in [4.78, 5) is 35.3. The van der Waals surface area contributed by atoms with E-state index in [9.17, 15) is 22.8 Å². The number of ether oxygens (including phenoxy) is 2. The summed E-state index contributed by atoms with van der Waals surface area (Å²) in [5.41, 5.74) is 1.45. The number of anilines is 2. The predicted molar refractivity (Wildman–Crippen MR) is 121 cm³/mol. The second-order valence-corrected chi connectivity index (χ2v) is 7.99. The summed E-state index contributed by atoms with van der Waals surface area (Å²) < 4.78 is 46.0. The molecule has 1 unspecified atom stereocenters. The molecule has 1 fully saturated rings. The fraction of sp³-hybridized carbons (Fsp3) is 0.333. The molecule has 1 atom stereocenters. The maximum absolute atomic E-state index is 13.1. The molecule has 2 aromatic carbocycles. The van der Waals surface area contributed by atoms with E-state index in [4.69, 9.17) is 4.74 Å². The van der Waals surface area contributed by atoms with Crippen LogP contribution in [0.4, 0.5) is 24.7 Å².